The highest BCUT2D eigenvalue weighted by molar-refractivity contribution is 7.92. The maximum absolute atomic E-state index is 12.7. The monoisotopic (exact) mass is 394 g/mol. The van der Waals surface area contributed by atoms with Crippen molar-refractivity contribution in [2.24, 2.45) is 0 Å². The van der Waals surface area contributed by atoms with Gasteiger partial charge in [-0.3, -0.25) is 9.10 Å². The molecule has 0 bridgehead atoms. The molecular formula is C19H23ClN2O3S. The van der Waals surface area contributed by atoms with Crippen molar-refractivity contribution < 1.29 is 13.2 Å². The van der Waals surface area contributed by atoms with E-state index in [1.165, 1.54) is 0 Å². The summed E-state index contributed by atoms with van der Waals surface area (Å²) >= 11 is 6.09. The molecule has 0 heterocycles. The number of carbonyl (C=O) groups excluding carboxylic acids is 1. The molecule has 1 amide bonds. The van der Waals surface area contributed by atoms with Crippen molar-refractivity contribution in [3.8, 4) is 0 Å². The molecule has 1 atom stereocenters. The first-order valence-electron chi connectivity index (χ1n) is 8.14. The van der Waals surface area contributed by atoms with Gasteiger partial charge in [-0.1, -0.05) is 29.8 Å². The third kappa shape index (κ3) is 4.56. The number of nitrogens with one attached hydrogen (secondary N) is 1. The Bertz CT molecular complexity index is 942. The zero-order valence-corrected chi connectivity index (χ0v) is 17.1. The Morgan fingerprint density at radius 3 is 2.27 bits per heavy atom. The molecule has 140 valence electrons. The lowest BCUT2D eigenvalue weighted by molar-refractivity contribution is -0.116. The molecule has 26 heavy (non-hydrogen) atoms. The van der Waals surface area contributed by atoms with Crippen LogP contribution in [0.1, 0.15) is 23.6 Å². The highest BCUT2D eigenvalue weighted by Gasteiger charge is 2.30. The third-order valence-electron chi connectivity index (χ3n) is 4.13. The topological polar surface area (TPSA) is 66.5 Å². The summed E-state index contributed by atoms with van der Waals surface area (Å²) < 4.78 is 26.0. The first-order valence-corrected chi connectivity index (χ1v) is 10.4. The van der Waals surface area contributed by atoms with Gasteiger partial charge in [-0.25, -0.2) is 8.42 Å². The van der Waals surface area contributed by atoms with Crippen molar-refractivity contribution in [2.45, 2.75) is 33.7 Å². The van der Waals surface area contributed by atoms with Gasteiger partial charge in [-0.15, -0.1) is 0 Å². The molecule has 2 aromatic carbocycles. The SMILES string of the molecule is Cc1ccc(C)c(N([C@@H](C)C(=O)Nc2ccc(C)c(Cl)c2)S(C)(=O)=O)c1. The second kappa shape index (κ2) is 7.68. The minimum Gasteiger partial charge on any atom is -0.324 e. The molecule has 0 saturated heterocycles. The predicted molar refractivity (Wildman–Crippen MR) is 108 cm³/mol. The third-order valence-corrected chi connectivity index (χ3v) is 5.76. The first kappa shape index (κ1) is 20.3. The van der Waals surface area contributed by atoms with Crippen molar-refractivity contribution in [1.29, 1.82) is 0 Å². The normalized spacial score (nSPS) is 12.5. The second-order valence-electron chi connectivity index (χ2n) is 6.48. The number of sulfonamides is 1. The lowest BCUT2D eigenvalue weighted by Crippen LogP contribution is -2.45. The maximum Gasteiger partial charge on any atom is 0.247 e. The minimum atomic E-state index is -3.66. The molecule has 0 aliphatic heterocycles. The predicted octanol–water partition coefficient (Wildman–Crippen LogP) is 4.06. The number of rotatable bonds is 5. The Morgan fingerprint density at radius 1 is 1.08 bits per heavy atom. The summed E-state index contributed by atoms with van der Waals surface area (Å²) in [5, 5.41) is 3.27. The summed E-state index contributed by atoms with van der Waals surface area (Å²) in [7, 11) is -3.66. The number of benzene rings is 2. The smallest absolute Gasteiger partial charge is 0.247 e. The molecule has 2 rings (SSSR count). The lowest BCUT2D eigenvalue weighted by Gasteiger charge is -2.29. The van der Waals surface area contributed by atoms with E-state index in [9.17, 15) is 13.2 Å². The van der Waals surface area contributed by atoms with E-state index < -0.39 is 22.0 Å². The van der Waals surface area contributed by atoms with Gasteiger partial charge in [0.05, 0.1) is 11.9 Å². The van der Waals surface area contributed by atoms with Crippen LogP contribution in [0.5, 0.6) is 0 Å². The average molecular weight is 395 g/mol. The van der Waals surface area contributed by atoms with Crippen LogP contribution in [0.3, 0.4) is 0 Å². The molecule has 0 saturated carbocycles. The van der Waals surface area contributed by atoms with Crippen LogP contribution in [0.25, 0.3) is 0 Å². The molecule has 7 heteroatoms. The number of hydrogen-bond donors (Lipinski definition) is 1. The average Bonchev–Trinajstić information content (AvgIpc) is 2.53. The quantitative estimate of drug-likeness (QED) is 0.831. The molecule has 0 aromatic heterocycles. The maximum atomic E-state index is 12.7. The molecule has 0 spiro atoms. The Balaban J connectivity index is 2.37. The minimum absolute atomic E-state index is 0.434. The van der Waals surface area contributed by atoms with E-state index in [4.69, 9.17) is 11.6 Å². The molecule has 1 N–H and O–H groups in total. The van der Waals surface area contributed by atoms with Crippen molar-refractivity contribution in [2.75, 3.05) is 15.9 Å². The second-order valence-corrected chi connectivity index (χ2v) is 8.74. The van der Waals surface area contributed by atoms with Crippen LogP contribution in [0.4, 0.5) is 11.4 Å². The van der Waals surface area contributed by atoms with Crippen LogP contribution in [0.15, 0.2) is 36.4 Å². The van der Waals surface area contributed by atoms with Gasteiger partial charge in [0.2, 0.25) is 15.9 Å². The Hall–Kier alpha value is -2.05. The fourth-order valence-corrected chi connectivity index (χ4v) is 4.06. The zero-order valence-electron chi connectivity index (χ0n) is 15.5. The standard InChI is InChI=1S/C19H23ClN2O3S/c1-12-6-7-14(3)18(10-12)22(26(5,24)25)15(4)19(23)21-16-9-8-13(2)17(20)11-16/h6-11,15H,1-5H3,(H,21,23)/t15-/m0/s1. The van der Waals surface area contributed by atoms with Crippen LogP contribution in [0, 0.1) is 20.8 Å². The molecular weight excluding hydrogens is 372 g/mol. The summed E-state index contributed by atoms with van der Waals surface area (Å²) in [5.41, 5.74) is 3.60. The van der Waals surface area contributed by atoms with Gasteiger partial charge in [-0.05, 0) is 62.6 Å². The van der Waals surface area contributed by atoms with Gasteiger partial charge in [0.1, 0.15) is 6.04 Å². The zero-order chi connectivity index (χ0) is 19.6. The fraction of sp³-hybridized carbons (Fsp3) is 0.316. The van der Waals surface area contributed by atoms with Gasteiger partial charge in [0, 0.05) is 10.7 Å². The van der Waals surface area contributed by atoms with Gasteiger partial charge in [0.15, 0.2) is 0 Å². The number of amides is 1. The largest absolute Gasteiger partial charge is 0.324 e. The number of carbonyl (C=O) groups is 1. The van der Waals surface area contributed by atoms with Crippen LogP contribution in [0.2, 0.25) is 5.02 Å². The van der Waals surface area contributed by atoms with Crippen LogP contribution < -0.4 is 9.62 Å². The van der Waals surface area contributed by atoms with E-state index in [-0.39, 0.29) is 0 Å². The Kier molecular flexibility index (Phi) is 5.98. The summed E-state index contributed by atoms with van der Waals surface area (Å²) in [6.45, 7) is 7.12. The molecule has 0 aliphatic rings. The first-order chi connectivity index (χ1) is 12.0. The van der Waals surface area contributed by atoms with Crippen LogP contribution >= 0.6 is 11.6 Å². The number of anilines is 2. The highest BCUT2D eigenvalue weighted by Crippen LogP contribution is 2.27. The Labute approximate surface area is 160 Å². The summed E-state index contributed by atoms with van der Waals surface area (Å²) in [4.78, 5) is 12.7. The fourth-order valence-electron chi connectivity index (χ4n) is 2.66. The number of hydrogen-bond acceptors (Lipinski definition) is 3. The van der Waals surface area contributed by atoms with Gasteiger partial charge in [-0.2, -0.15) is 0 Å². The van der Waals surface area contributed by atoms with Crippen LogP contribution in [-0.4, -0.2) is 26.6 Å². The van der Waals surface area contributed by atoms with Gasteiger partial charge >= 0.3 is 0 Å². The molecule has 5 nitrogen and oxygen atoms in total. The van der Waals surface area contributed by atoms with Crippen molar-refractivity contribution >= 4 is 38.9 Å². The summed E-state index contributed by atoms with van der Waals surface area (Å²) in [6, 6.07) is 9.75. The van der Waals surface area contributed by atoms with E-state index in [0.717, 1.165) is 27.3 Å². The van der Waals surface area contributed by atoms with E-state index in [1.54, 1.807) is 31.2 Å². The van der Waals surface area contributed by atoms with Gasteiger partial charge < -0.3 is 5.32 Å². The summed E-state index contributed by atoms with van der Waals surface area (Å²) in [6.07, 6.45) is 1.10. The van der Waals surface area contributed by atoms with Crippen LogP contribution in [-0.2, 0) is 14.8 Å². The highest BCUT2D eigenvalue weighted by atomic mass is 35.5. The summed E-state index contributed by atoms with van der Waals surface area (Å²) in [5.74, 6) is -0.434. The van der Waals surface area contributed by atoms with E-state index in [1.807, 2.05) is 32.9 Å². The number of aryl methyl sites for hydroxylation is 3. The van der Waals surface area contributed by atoms with Crippen molar-refractivity contribution in [3.63, 3.8) is 0 Å². The molecule has 0 radical (unpaired) electrons. The van der Waals surface area contributed by atoms with Crippen molar-refractivity contribution in [3.05, 3.63) is 58.1 Å². The van der Waals surface area contributed by atoms with E-state index >= 15 is 0 Å². The lowest BCUT2D eigenvalue weighted by atomic mass is 10.1. The van der Waals surface area contributed by atoms with E-state index in [2.05, 4.69) is 5.32 Å². The molecule has 0 unspecified atom stereocenters. The molecule has 0 aliphatic carbocycles. The van der Waals surface area contributed by atoms with Gasteiger partial charge in [0.25, 0.3) is 0 Å². The molecule has 0 fully saturated rings. The van der Waals surface area contributed by atoms with Crippen molar-refractivity contribution in [1.82, 2.24) is 0 Å². The number of halogens is 1. The molecule has 2 aromatic rings. The Morgan fingerprint density at radius 2 is 1.69 bits per heavy atom. The van der Waals surface area contributed by atoms with E-state index in [0.29, 0.717) is 16.4 Å². The number of nitrogens with zero attached hydrogens (tertiary/aromatic N) is 1.